The number of ether oxygens (including phenoxy) is 2. The Balaban J connectivity index is 2.66. The third kappa shape index (κ3) is 7.11. The Morgan fingerprint density at radius 1 is 1.18 bits per heavy atom. The number of alkyl carbamates (subject to hydrolysis) is 1. The fourth-order valence-electron chi connectivity index (χ4n) is 1.97. The van der Waals surface area contributed by atoms with Crippen LogP contribution in [0.1, 0.15) is 45.6 Å². The molecule has 122 valence electrons. The van der Waals surface area contributed by atoms with Crippen molar-refractivity contribution in [1.82, 2.24) is 5.32 Å². The van der Waals surface area contributed by atoms with Gasteiger partial charge in [0.05, 0.1) is 13.0 Å². The summed E-state index contributed by atoms with van der Waals surface area (Å²) >= 11 is 0. The molecular formula is C17H25NO4. The van der Waals surface area contributed by atoms with Gasteiger partial charge < -0.3 is 14.8 Å². The zero-order valence-corrected chi connectivity index (χ0v) is 13.7. The van der Waals surface area contributed by atoms with E-state index in [0.29, 0.717) is 13.2 Å². The third-order valence-corrected chi connectivity index (χ3v) is 2.88. The molecule has 1 aromatic rings. The summed E-state index contributed by atoms with van der Waals surface area (Å²) in [6.45, 7) is 7.85. The minimum absolute atomic E-state index is 0.146. The number of nitrogens with one attached hydrogen (secondary N) is 1. The lowest BCUT2D eigenvalue weighted by Gasteiger charge is -2.22. The topological polar surface area (TPSA) is 64.6 Å². The molecule has 0 aliphatic carbocycles. The largest absolute Gasteiger partial charge is 0.466 e. The average molecular weight is 307 g/mol. The summed E-state index contributed by atoms with van der Waals surface area (Å²) in [6, 6.07) is 9.58. The molecule has 0 unspecified atom stereocenters. The molecule has 0 saturated carbocycles. The Kier molecular flexibility index (Phi) is 6.89. The van der Waals surface area contributed by atoms with Crippen molar-refractivity contribution in [2.24, 2.45) is 0 Å². The van der Waals surface area contributed by atoms with Gasteiger partial charge >= 0.3 is 12.1 Å². The molecular weight excluding hydrogens is 282 g/mol. The lowest BCUT2D eigenvalue weighted by Crippen LogP contribution is -2.35. The molecule has 1 N–H and O–H groups in total. The van der Waals surface area contributed by atoms with Crippen LogP contribution in [0.25, 0.3) is 0 Å². The molecule has 1 atom stereocenters. The fourth-order valence-corrected chi connectivity index (χ4v) is 1.97. The average Bonchev–Trinajstić information content (AvgIpc) is 2.43. The van der Waals surface area contributed by atoms with Crippen molar-refractivity contribution in [3.8, 4) is 0 Å². The van der Waals surface area contributed by atoms with Crippen molar-refractivity contribution >= 4 is 12.1 Å². The van der Waals surface area contributed by atoms with Crippen molar-refractivity contribution in [3.63, 3.8) is 0 Å². The summed E-state index contributed by atoms with van der Waals surface area (Å²) in [5.41, 5.74) is 0.430. The summed E-state index contributed by atoms with van der Waals surface area (Å²) in [4.78, 5) is 23.5. The Morgan fingerprint density at radius 3 is 2.36 bits per heavy atom. The predicted molar refractivity (Wildman–Crippen MR) is 84.7 cm³/mol. The number of rotatable bonds is 6. The second kappa shape index (κ2) is 8.41. The zero-order chi connectivity index (χ0) is 16.6. The van der Waals surface area contributed by atoms with E-state index in [0.717, 1.165) is 5.56 Å². The zero-order valence-electron chi connectivity index (χ0n) is 13.7. The molecule has 0 aliphatic heterocycles. The molecule has 1 rings (SSSR count). The van der Waals surface area contributed by atoms with Gasteiger partial charge in [0.1, 0.15) is 5.60 Å². The second-order valence-electron chi connectivity index (χ2n) is 6.00. The lowest BCUT2D eigenvalue weighted by molar-refractivity contribution is -0.143. The van der Waals surface area contributed by atoms with Crippen LogP contribution < -0.4 is 5.32 Å². The van der Waals surface area contributed by atoms with E-state index in [1.807, 2.05) is 30.3 Å². The number of hydrogen-bond acceptors (Lipinski definition) is 4. The summed E-state index contributed by atoms with van der Waals surface area (Å²) in [5.74, 6) is -0.421. The highest BCUT2D eigenvalue weighted by Gasteiger charge is 2.20. The normalized spacial score (nSPS) is 12.4. The maximum absolute atomic E-state index is 11.8. The Labute approximate surface area is 132 Å². The van der Waals surface area contributed by atoms with Crippen molar-refractivity contribution < 1.29 is 19.1 Å². The molecule has 0 aromatic heterocycles. The first-order valence-corrected chi connectivity index (χ1v) is 7.49. The lowest BCUT2D eigenvalue weighted by atomic mass is 9.96. The van der Waals surface area contributed by atoms with E-state index in [1.54, 1.807) is 27.7 Å². The molecule has 0 radical (unpaired) electrons. The van der Waals surface area contributed by atoms with Crippen LogP contribution >= 0.6 is 0 Å². The van der Waals surface area contributed by atoms with Crippen LogP contribution in [0.3, 0.4) is 0 Å². The van der Waals surface area contributed by atoms with Crippen molar-refractivity contribution in [3.05, 3.63) is 35.9 Å². The summed E-state index contributed by atoms with van der Waals surface area (Å²) < 4.78 is 10.2. The Hall–Kier alpha value is -2.04. The molecule has 0 spiro atoms. The van der Waals surface area contributed by atoms with Gasteiger partial charge in [-0.1, -0.05) is 30.3 Å². The molecule has 0 saturated heterocycles. The van der Waals surface area contributed by atoms with Gasteiger partial charge in [-0.25, -0.2) is 4.79 Å². The number of esters is 1. The first-order chi connectivity index (χ1) is 10.3. The standard InChI is InChI=1S/C17H25NO4/c1-5-21-15(19)11-14(13-9-7-6-8-10-13)12-18-16(20)22-17(2,3)4/h6-10,14H,5,11-12H2,1-4H3,(H,18,20)/t14-/m0/s1. The van der Waals surface area contributed by atoms with Crippen LogP contribution in [0.15, 0.2) is 30.3 Å². The molecule has 22 heavy (non-hydrogen) atoms. The number of hydrogen-bond donors (Lipinski definition) is 1. The van der Waals surface area contributed by atoms with E-state index < -0.39 is 11.7 Å². The molecule has 1 amide bonds. The quantitative estimate of drug-likeness (QED) is 0.819. The van der Waals surface area contributed by atoms with Gasteiger partial charge in [0.2, 0.25) is 0 Å². The van der Waals surface area contributed by atoms with Crippen molar-refractivity contribution in [2.45, 2.75) is 45.6 Å². The fraction of sp³-hybridized carbons (Fsp3) is 0.529. The van der Waals surface area contributed by atoms with Crippen LogP contribution in [0.2, 0.25) is 0 Å². The molecule has 1 aromatic carbocycles. The van der Waals surface area contributed by atoms with Gasteiger partial charge in [-0.3, -0.25) is 4.79 Å². The predicted octanol–water partition coefficient (Wildman–Crippen LogP) is 3.25. The molecule has 5 nitrogen and oxygen atoms in total. The molecule has 5 heteroatoms. The van der Waals surface area contributed by atoms with Crippen LogP contribution in [-0.4, -0.2) is 30.8 Å². The van der Waals surface area contributed by atoms with E-state index in [9.17, 15) is 9.59 Å². The highest BCUT2D eigenvalue weighted by atomic mass is 16.6. The number of amides is 1. The minimum atomic E-state index is -0.548. The summed E-state index contributed by atoms with van der Waals surface area (Å²) in [7, 11) is 0. The van der Waals surface area contributed by atoms with E-state index in [2.05, 4.69) is 5.32 Å². The molecule has 0 heterocycles. The van der Waals surface area contributed by atoms with E-state index >= 15 is 0 Å². The van der Waals surface area contributed by atoms with E-state index in [-0.39, 0.29) is 18.3 Å². The molecule has 0 aliphatic rings. The van der Waals surface area contributed by atoms with Gasteiger partial charge in [-0.15, -0.1) is 0 Å². The minimum Gasteiger partial charge on any atom is -0.466 e. The van der Waals surface area contributed by atoms with Crippen LogP contribution in [0.5, 0.6) is 0 Å². The number of carbonyl (C=O) groups is 2. The van der Waals surface area contributed by atoms with Crippen LogP contribution in [0.4, 0.5) is 4.79 Å². The summed E-state index contributed by atoms with van der Waals surface area (Å²) in [6.07, 6.45) is -0.273. The Morgan fingerprint density at radius 2 is 1.82 bits per heavy atom. The first-order valence-electron chi connectivity index (χ1n) is 7.49. The van der Waals surface area contributed by atoms with Gasteiger partial charge in [0.15, 0.2) is 0 Å². The van der Waals surface area contributed by atoms with Crippen molar-refractivity contribution in [2.75, 3.05) is 13.2 Å². The van der Waals surface area contributed by atoms with E-state index in [1.165, 1.54) is 0 Å². The van der Waals surface area contributed by atoms with Crippen LogP contribution in [-0.2, 0) is 14.3 Å². The third-order valence-electron chi connectivity index (χ3n) is 2.88. The maximum atomic E-state index is 11.8. The van der Waals surface area contributed by atoms with Crippen LogP contribution in [0, 0.1) is 0 Å². The maximum Gasteiger partial charge on any atom is 0.407 e. The summed E-state index contributed by atoms with van der Waals surface area (Å²) in [5, 5.41) is 2.72. The van der Waals surface area contributed by atoms with Gasteiger partial charge in [-0.2, -0.15) is 0 Å². The monoisotopic (exact) mass is 307 g/mol. The first kappa shape index (κ1) is 18.0. The van der Waals surface area contributed by atoms with E-state index in [4.69, 9.17) is 9.47 Å². The van der Waals surface area contributed by atoms with Gasteiger partial charge in [0, 0.05) is 12.5 Å². The highest BCUT2D eigenvalue weighted by molar-refractivity contribution is 5.71. The SMILES string of the molecule is CCOC(=O)C[C@@H](CNC(=O)OC(C)(C)C)c1ccccc1. The van der Waals surface area contributed by atoms with Gasteiger partial charge in [-0.05, 0) is 33.3 Å². The smallest absolute Gasteiger partial charge is 0.407 e. The number of carbonyl (C=O) groups excluding carboxylic acids is 2. The molecule has 0 fully saturated rings. The Bertz CT molecular complexity index is 479. The van der Waals surface area contributed by atoms with Gasteiger partial charge in [0.25, 0.3) is 0 Å². The van der Waals surface area contributed by atoms with Crippen molar-refractivity contribution in [1.29, 1.82) is 0 Å². The second-order valence-corrected chi connectivity index (χ2v) is 6.00. The molecule has 0 bridgehead atoms. The number of benzene rings is 1. The highest BCUT2D eigenvalue weighted by Crippen LogP contribution is 2.19.